The van der Waals surface area contributed by atoms with E-state index in [1.165, 1.54) is 0 Å². The van der Waals surface area contributed by atoms with E-state index < -0.39 is 0 Å². The molecular weight excluding hydrogens is 260 g/mol. The minimum absolute atomic E-state index is 0.0939. The van der Waals surface area contributed by atoms with E-state index in [4.69, 9.17) is 11.6 Å². The van der Waals surface area contributed by atoms with Gasteiger partial charge < -0.3 is 0 Å². The number of carbonyl (C=O) groups is 1. The van der Waals surface area contributed by atoms with Gasteiger partial charge in [0.15, 0.2) is 0 Å². The number of fused-ring (bicyclic) bond motifs is 2. The van der Waals surface area contributed by atoms with Crippen molar-refractivity contribution in [1.29, 1.82) is 0 Å². The third-order valence-electron chi connectivity index (χ3n) is 3.36. The molecule has 3 nitrogen and oxygen atoms in total. The summed E-state index contributed by atoms with van der Waals surface area (Å²) in [7, 11) is 0. The molecule has 2 heterocycles. The highest BCUT2D eigenvalue weighted by molar-refractivity contribution is 6.32. The van der Waals surface area contributed by atoms with Crippen LogP contribution in [0.1, 0.15) is 16.1 Å². The Bertz CT molecular complexity index is 858. The summed E-state index contributed by atoms with van der Waals surface area (Å²) in [4.78, 5) is 21.1. The first-order valence-corrected chi connectivity index (χ1v) is 6.23. The van der Waals surface area contributed by atoms with Gasteiger partial charge in [-0.2, -0.15) is 0 Å². The van der Waals surface area contributed by atoms with Crippen LogP contribution in [0.4, 0.5) is 0 Å². The molecule has 0 saturated heterocycles. The molecule has 4 rings (SSSR count). The van der Waals surface area contributed by atoms with Gasteiger partial charge in [-0.1, -0.05) is 35.9 Å². The zero-order valence-corrected chi connectivity index (χ0v) is 10.5. The van der Waals surface area contributed by atoms with Crippen LogP contribution in [0.2, 0.25) is 5.15 Å². The lowest BCUT2D eigenvalue weighted by Gasteiger charge is -2.17. The molecule has 0 aliphatic heterocycles. The Labute approximate surface area is 113 Å². The monoisotopic (exact) mass is 266 g/mol. The maximum Gasteiger partial charge on any atom is 0.212 e. The van der Waals surface area contributed by atoms with Gasteiger partial charge in [0.2, 0.25) is 5.78 Å². The molecule has 19 heavy (non-hydrogen) atoms. The Morgan fingerprint density at radius 2 is 1.79 bits per heavy atom. The fourth-order valence-corrected chi connectivity index (χ4v) is 2.75. The molecular formula is C15H7ClN2O. The highest BCUT2D eigenvalue weighted by Crippen LogP contribution is 2.37. The van der Waals surface area contributed by atoms with Crippen molar-refractivity contribution in [3.63, 3.8) is 0 Å². The van der Waals surface area contributed by atoms with Crippen LogP contribution in [0.3, 0.4) is 0 Å². The van der Waals surface area contributed by atoms with Gasteiger partial charge in [0.05, 0.1) is 5.69 Å². The number of ketones is 1. The SMILES string of the molecule is O=C1c2ccccc2-c2nccc3cc(Cl)nc1c23. The number of hydrogen-bond donors (Lipinski definition) is 0. The van der Waals surface area contributed by atoms with Crippen molar-refractivity contribution in [1.82, 2.24) is 9.97 Å². The zero-order chi connectivity index (χ0) is 13.0. The molecule has 0 spiro atoms. The summed E-state index contributed by atoms with van der Waals surface area (Å²) in [5.41, 5.74) is 2.68. The van der Waals surface area contributed by atoms with Crippen molar-refractivity contribution in [2.75, 3.05) is 0 Å². The van der Waals surface area contributed by atoms with E-state index in [-0.39, 0.29) is 5.78 Å². The minimum Gasteiger partial charge on any atom is -0.287 e. The van der Waals surface area contributed by atoms with Crippen LogP contribution < -0.4 is 0 Å². The fraction of sp³-hybridized carbons (Fsp3) is 0. The zero-order valence-electron chi connectivity index (χ0n) is 9.72. The first kappa shape index (κ1) is 10.6. The van der Waals surface area contributed by atoms with E-state index in [2.05, 4.69) is 9.97 Å². The molecule has 3 aromatic rings. The van der Waals surface area contributed by atoms with Crippen LogP contribution in [0.25, 0.3) is 22.0 Å². The molecule has 0 saturated carbocycles. The summed E-state index contributed by atoms with van der Waals surface area (Å²) in [5.74, 6) is -0.0939. The third kappa shape index (κ3) is 1.36. The van der Waals surface area contributed by atoms with Gasteiger partial charge in [0.25, 0.3) is 0 Å². The molecule has 90 valence electrons. The second-order valence-electron chi connectivity index (χ2n) is 4.43. The Kier molecular flexibility index (Phi) is 2.03. The predicted molar refractivity (Wildman–Crippen MR) is 73.4 cm³/mol. The molecule has 1 aromatic carbocycles. The highest BCUT2D eigenvalue weighted by atomic mass is 35.5. The lowest BCUT2D eigenvalue weighted by atomic mass is 9.89. The number of pyridine rings is 2. The van der Waals surface area contributed by atoms with Crippen molar-refractivity contribution < 1.29 is 4.79 Å². The molecule has 2 aromatic heterocycles. The van der Waals surface area contributed by atoms with Crippen LogP contribution in [0, 0.1) is 0 Å². The molecule has 0 bridgehead atoms. The lowest BCUT2D eigenvalue weighted by molar-refractivity contribution is 0.103. The Balaban J connectivity index is 2.27. The molecule has 0 amide bonds. The second-order valence-corrected chi connectivity index (χ2v) is 4.81. The number of aromatic nitrogens is 2. The van der Waals surface area contributed by atoms with Crippen LogP contribution >= 0.6 is 11.6 Å². The maximum absolute atomic E-state index is 12.5. The van der Waals surface area contributed by atoms with E-state index in [1.807, 2.05) is 24.3 Å². The van der Waals surface area contributed by atoms with E-state index in [0.717, 1.165) is 22.0 Å². The number of nitrogens with zero attached hydrogens (tertiary/aromatic N) is 2. The van der Waals surface area contributed by atoms with Crippen molar-refractivity contribution in [3.8, 4) is 11.3 Å². The van der Waals surface area contributed by atoms with E-state index in [9.17, 15) is 4.79 Å². The van der Waals surface area contributed by atoms with Gasteiger partial charge in [-0.25, -0.2) is 4.98 Å². The third-order valence-corrected chi connectivity index (χ3v) is 3.55. The minimum atomic E-state index is -0.0939. The van der Waals surface area contributed by atoms with Crippen molar-refractivity contribution >= 4 is 28.2 Å². The van der Waals surface area contributed by atoms with E-state index in [1.54, 1.807) is 18.3 Å². The Morgan fingerprint density at radius 1 is 1.00 bits per heavy atom. The Morgan fingerprint density at radius 3 is 2.63 bits per heavy atom. The van der Waals surface area contributed by atoms with Crippen LogP contribution in [0.5, 0.6) is 0 Å². The summed E-state index contributed by atoms with van der Waals surface area (Å²) < 4.78 is 0. The van der Waals surface area contributed by atoms with Crippen molar-refractivity contribution in [2.45, 2.75) is 0 Å². The number of carbonyl (C=O) groups excluding carboxylic acids is 1. The maximum atomic E-state index is 12.5. The molecule has 0 N–H and O–H groups in total. The Hall–Kier alpha value is -2.26. The summed E-state index contributed by atoms with van der Waals surface area (Å²) in [6.45, 7) is 0. The molecule has 0 radical (unpaired) electrons. The number of benzene rings is 1. The first-order chi connectivity index (χ1) is 9.25. The average Bonchev–Trinajstić information content (AvgIpc) is 2.44. The fourth-order valence-electron chi connectivity index (χ4n) is 2.55. The van der Waals surface area contributed by atoms with Gasteiger partial charge in [-0.3, -0.25) is 9.78 Å². The van der Waals surface area contributed by atoms with Crippen molar-refractivity contribution in [3.05, 3.63) is 59.0 Å². The number of hydrogen-bond acceptors (Lipinski definition) is 3. The highest BCUT2D eigenvalue weighted by Gasteiger charge is 2.27. The summed E-state index contributed by atoms with van der Waals surface area (Å²) >= 11 is 5.99. The first-order valence-electron chi connectivity index (χ1n) is 5.85. The average molecular weight is 267 g/mol. The quantitative estimate of drug-likeness (QED) is 0.458. The molecule has 0 atom stereocenters. The van der Waals surface area contributed by atoms with Crippen LogP contribution in [-0.2, 0) is 0 Å². The number of halogens is 1. The normalized spacial score (nSPS) is 12.6. The summed E-state index contributed by atoms with van der Waals surface area (Å²) in [6, 6.07) is 11.0. The summed E-state index contributed by atoms with van der Waals surface area (Å²) in [6.07, 6.45) is 1.73. The number of rotatable bonds is 0. The topological polar surface area (TPSA) is 42.9 Å². The van der Waals surface area contributed by atoms with Crippen molar-refractivity contribution in [2.24, 2.45) is 0 Å². The van der Waals surface area contributed by atoms with E-state index in [0.29, 0.717) is 16.4 Å². The lowest BCUT2D eigenvalue weighted by Crippen LogP contribution is -2.12. The van der Waals surface area contributed by atoms with Gasteiger partial charge in [-0.15, -0.1) is 0 Å². The van der Waals surface area contributed by atoms with Gasteiger partial charge >= 0.3 is 0 Å². The largest absolute Gasteiger partial charge is 0.287 e. The molecule has 0 unspecified atom stereocenters. The van der Waals surface area contributed by atoms with E-state index >= 15 is 0 Å². The molecule has 1 aliphatic rings. The van der Waals surface area contributed by atoms with Crippen LogP contribution in [-0.4, -0.2) is 15.8 Å². The molecule has 0 fully saturated rings. The predicted octanol–water partition coefficient (Wildman–Crippen LogP) is 3.49. The molecule has 4 heteroatoms. The molecule has 1 aliphatic carbocycles. The second kappa shape index (κ2) is 3.62. The standard InChI is InChI=1S/C15H7ClN2O/c16-11-7-8-5-6-17-13-9-3-1-2-4-10(9)15(19)14(18-11)12(8)13/h1-7H. The van der Waals surface area contributed by atoms with Crippen LogP contribution in [0.15, 0.2) is 42.6 Å². The van der Waals surface area contributed by atoms with Gasteiger partial charge in [-0.05, 0) is 17.5 Å². The summed E-state index contributed by atoms with van der Waals surface area (Å²) in [5, 5.41) is 2.01. The smallest absolute Gasteiger partial charge is 0.212 e. The van der Waals surface area contributed by atoms with Gasteiger partial charge in [0.1, 0.15) is 10.8 Å². The van der Waals surface area contributed by atoms with Gasteiger partial charge in [0, 0.05) is 22.7 Å².